The lowest BCUT2D eigenvalue weighted by Gasteiger charge is -2.43. The predicted octanol–water partition coefficient (Wildman–Crippen LogP) is 4.35. The number of hydrogen-bond acceptors (Lipinski definition) is 5. The van der Waals surface area contributed by atoms with Gasteiger partial charge in [-0.05, 0) is 92.6 Å². The number of ether oxygens (including phenoxy) is 1. The summed E-state index contributed by atoms with van der Waals surface area (Å²) in [5.41, 5.74) is 1.18. The molecule has 2 N–H and O–H groups in total. The van der Waals surface area contributed by atoms with Gasteiger partial charge in [0.2, 0.25) is 5.91 Å². The highest BCUT2D eigenvalue weighted by Gasteiger charge is 2.60. The Labute approximate surface area is 199 Å². The van der Waals surface area contributed by atoms with Crippen molar-refractivity contribution in [2.75, 3.05) is 31.6 Å². The number of aromatic nitrogens is 1. The lowest BCUT2D eigenvalue weighted by atomic mass is 9.80. The van der Waals surface area contributed by atoms with E-state index in [4.69, 9.17) is 16.3 Å². The zero-order chi connectivity index (χ0) is 22.8. The first-order chi connectivity index (χ1) is 15.9. The molecule has 0 bridgehead atoms. The van der Waals surface area contributed by atoms with Crippen molar-refractivity contribution in [2.24, 2.45) is 11.3 Å². The normalized spacial score (nSPS) is 31.6. The molecule has 6 rings (SSSR count). The van der Waals surface area contributed by atoms with Crippen molar-refractivity contribution in [3.63, 3.8) is 0 Å². The number of piperidine rings is 1. The third-order valence-corrected chi connectivity index (χ3v) is 9.32. The summed E-state index contributed by atoms with van der Waals surface area (Å²) in [6, 6.07) is 6.15. The number of hydrogen-bond donors (Lipinski definition) is 2. The molecule has 2 aromatic rings. The number of likely N-dealkylation sites (tertiary alicyclic amines) is 1. The number of pyridine rings is 1. The number of aliphatic hydroxyl groups is 1. The molecule has 4 aliphatic rings. The molecule has 1 aromatic carbocycles. The Morgan fingerprint density at radius 2 is 2.03 bits per heavy atom. The largest absolute Gasteiger partial charge is 0.389 e. The van der Waals surface area contributed by atoms with Gasteiger partial charge in [-0.15, -0.1) is 0 Å². The van der Waals surface area contributed by atoms with E-state index in [1.807, 2.05) is 12.1 Å². The van der Waals surface area contributed by atoms with Gasteiger partial charge >= 0.3 is 0 Å². The number of nitrogens with zero attached hydrogens (tertiary/aromatic N) is 2. The molecule has 1 spiro atoms. The summed E-state index contributed by atoms with van der Waals surface area (Å²) in [4.78, 5) is 19.5. The number of rotatable bonds is 4. The summed E-state index contributed by atoms with van der Waals surface area (Å²) in [6.45, 7) is 4.93. The van der Waals surface area contributed by atoms with Crippen LogP contribution in [0.1, 0.15) is 56.9 Å². The Morgan fingerprint density at radius 1 is 1.24 bits per heavy atom. The van der Waals surface area contributed by atoms with Gasteiger partial charge in [0.05, 0.1) is 24.9 Å². The summed E-state index contributed by atoms with van der Waals surface area (Å²) in [6.07, 6.45) is 8.04. The highest BCUT2D eigenvalue weighted by Crippen LogP contribution is 2.65. The minimum absolute atomic E-state index is 0.120. The summed E-state index contributed by atoms with van der Waals surface area (Å²) in [5, 5.41) is 16.3. The van der Waals surface area contributed by atoms with Gasteiger partial charge in [-0.25, -0.2) is 4.98 Å². The van der Waals surface area contributed by atoms with Crippen LogP contribution in [0.4, 0.5) is 5.82 Å². The molecule has 4 fully saturated rings. The smallest absolute Gasteiger partial charge is 0.229 e. The van der Waals surface area contributed by atoms with Crippen molar-refractivity contribution in [1.82, 2.24) is 9.88 Å². The van der Waals surface area contributed by atoms with Crippen LogP contribution < -0.4 is 5.32 Å². The molecule has 176 valence electrons. The van der Waals surface area contributed by atoms with E-state index in [2.05, 4.69) is 28.2 Å². The van der Waals surface area contributed by atoms with Crippen LogP contribution in [0.3, 0.4) is 0 Å². The van der Waals surface area contributed by atoms with Crippen LogP contribution in [0.15, 0.2) is 24.4 Å². The van der Waals surface area contributed by atoms with E-state index < -0.39 is 6.10 Å². The maximum atomic E-state index is 12.7. The molecule has 33 heavy (non-hydrogen) atoms. The van der Waals surface area contributed by atoms with Crippen molar-refractivity contribution < 1.29 is 14.6 Å². The molecule has 6 nitrogen and oxygen atoms in total. The Bertz CT molecular complexity index is 1100. The molecule has 1 aromatic heterocycles. The van der Waals surface area contributed by atoms with Gasteiger partial charge in [-0.2, -0.15) is 0 Å². The number of carbonyl (C=O) groups excluding carboxylic acids is 1. The van der Waals surface area contributed by atoms with Gasteiger partial charge in [0.25, 0.3) is 0 Å². The molecule has 7 heteroatoms. The lowest BCUT2D eigenvalue weighted by Crippen LogP contribution is -2.56. The highest BCUT2D eigenvalue weighted by atomic mass is 35.5. The van der Waals surface area contributed by atoms with Crippen molar-refractivity contribution in [3.8, 4) is 0 Å². The average Bonchev–Trinajstić information content (AvgIpc) is 3.48. The Kier molecular flexibility index (Phi) is 5.22. The van der Waals surface area contributed by atoms with Crippen LogP contribution in [-0.2, 0) is 9.53 Å². The summed E-state index contributed by atoms with van der Waals surface area (Å²) < 4.78 is 5.53. The average molecular weight is 470 g/mol. The number of amides is 1. The monoisotopic (exact) mass is 469 g/mol. The number of nitrogens with one attached hydrogen (secondary N) is 1. The molecule has 3 atom stereocenters. The molecule has 2 aliphatic carbocycles. The quantitative estimate of drug-likeness (QED) is 0.696. The van der Waals surface area contributed by atoms with Crippen molar-refractivity contribution >= 4 is 34.1 Å². The molecule has 0 unspecified atom stereocenters. The van der Waals surface area contributed by atoms with Gasteiger partial charge < -0.3 is 15.2 Å². The van der Waals surface area contributed by atoms with E-state index in [-0.39, 0.29) is 17.4 Å². The number of anilines is 1. The summed E-state index contributed by atoms with van der Waals surface area (Å²) in [7, 11) is 0. The first-order valence-corrected chi connectivity index (χ1v) is 12.7. The zero-order valence-corrected chi connectivity index (χ0v) is 19.9. The van der Waals surface area contributed by atoms with E-state index in [1.165, 1.54) is 19.3 Å². The Morgan fingerprint density at radius 3 is 2.67 bits per heavy atom. The second-order valence-corrected chi connectivity index (χ2v) is 11.3. The number of fused-ring (bicyclic) bond motifs is 1. The van der Waals surface area contributed by atoms with Gasteiger partial charge in [0, 0.05) is 22.5 Å². The lowest BCUT2D eigenvalue weighted by molar-refractivity contribution is -0.118. The Hall–Kier alpha value is -1.73. The summed E-state index contributed by atoms with van der Waals surface area (Å²) in [5.74, 6) is 1.28. The fourth-order valence-corrected chi connectivity index (χ4v) is 6.66. The molecular weight excluding hydrogens is 438 g/mol. The summed E-state index contributed by atoms with van der Waals surface area (Å²) >= 11 is 6.71. The van der Waals surface area contributed by atoms with Crippen molar-refractivity contribution in [1.29, 1.82) is 0 Å². The highest BCUT2D eigenvalue weighted by molar-refractivity contribution is 6.32. The fraction of sp³-hybridized carbons (Fsp3) is 0.615. The molecular formula is C26H32ClN3O3. The molecule has 2 saturated heterocycles. The first kappa shape index (κ1) is 21.8. The maximum absolute atomic E-state index is 12.7. The maximum Gasteiger partial charge on any atom is 0.229 e. The number of halogens is 1. The number of carbonyl (C=O) groups is 1. The van der Waals surface area contributed by atoms with Crippen LogP contribution in [0, 0.1) is 11.3 Å². The number of aliphatic hydroxyl groups excluding tert-OH is 1. The van der Waals surface area contributed by atoms with Gasteiger partial charge in [-0.3, -0.25) is 9.69 Å². The second kappa shape index (κ2) is 7.91. The van der Waals surface area contributed by atoms with Gasteiger partial charge in [-0.1, -0.05) is 18.0 Å². The van der Waals surface area contributed by atoms with E-state index in [1.54, 1.807) is 6.20 Å². The first-order valence-electron chi connectivity index (χ1n) is 12.3. The minimum Gasteiger partial charge on any atom is -0.389 e. The van der Waals surface area contributed by atoms with Crippen LogP contribution in [0.5, 0.6) is 0 Å². The predicted molar refractivity (Wildman–Crippen MR) is 129 cm³/mol. The molecule has 0 radical (unpaired) electrons. The van der Waals surface area contributed by atoms with E-state index >= 15 is 0 Å². The van der Waals surface area contributed by atoms with Crippen molar-refractivity contribution in [2.45, 2.75) is 63.0 Å². The van der Waals surface area contributed by atoms with E-state index in [9.17, 15) is 9.90 Å². The fourth-order valence-electron chi connectivity index (χ4n) is 6.34. The van der Waals surface area contributed by atoms with E-state index in [0.717, 1.165) is 53.7 Å². The third kappa shape index (κ3) is 3.66. The number of benzene rings is 1. The topological polar surface area (TPSA) is 74.7 Å². The molecule has 2 aliphatic heterocycles. The van der Waals surface area contributed by atoms with Gasteiger partial charge in [0.15, 0.2) is 0 Å². The van der Waals surface area contributed by atoms with Gasteiger partial charge in [0.1, 0.15) is 5.82 Å². The van der Waals surface area contributed by atoms with E-state index in [0.29, 0.717) is 30.4 Å². The zero-order valence-electron chi connectivity index (χ0n) is 19.1. The Balaban J connectivity index is 1.17. The molecule has 3 heterocycles. The van der Waals surface area contributed by atoms with Crippen LogP contribution in [0.25, 0.3) is 10.8 Å². The van der Waals surface area contributed by atoms with Crippen LogP contribution in [-0.4, -0.2) is 58.8 Å². The molecule has 1 amide bonds. The van der Waals surface area contributed by atoms with Crippen molar-refractivity contribution in [3.05, 3.63) is 35.0 Å². The SMILES string of the molecule is C[C@@]1(N2CCC(c3cc4cc(NC(=O)[C@@H]5CC56CCC6)ncc4cc3Cl)CC2)COC[C@@H]1O. The van der Waals surface area contributed by atoms with Crippen LogP contribution in [0.2, 0.25) is 5.02 Å². The minimum atomic E-state index is -0.436. The third-order valence-electron chi connectivity index (χ3n) is 8.99. The molecule has 2 saturated carbocycles. The second-order valence-electron chi connectivity index (χ2n) is 10.9. The van der Waals surface area contributed by atoms with Crippen LogP contribution >= 0.6 is 11.6 Å². The standard InChI is InChI=1S/C26H32ClN3O3/c1-25(15-33-14-22(25)31)30-7-3-16(4-8-30)19-9-17-11-23(28-13-18(17)10-21(19)27)29-24(32)20-12-26(20)5-2-6-26/h9-11,13,16,20,22,31H,2-8,12,14-15H2,1H3,(H,28,29,32)/t20-,22-,25+/m0/s1.